The molecule has 40 heavy (non-hydrogen) atoms. The maximum absolute atomic E-state index is 5.05. The summed E-state index contributed by atoms with van der Waals surface area (Å²) in [6.07, 6.45) is 0. The Labute approximate surface area is 232 Å². The largest absolute Gasteiger partial charge is 0.309 e. The minimum Gasteiger partial charge on any atom is -0.309 e. The van der Waals surface area contributed by atoms with Crippen molar-refractivity contribution < 1.29 is 0 Å². The summed E-state index contributed by atoms with van der Waals surface area (Å²) in [7, 11) is 0. The Morgan fingerprint density at radius 2 is 1.02 bits per heavy atom. The second kappa shape index (κ2) is 9.11. The molecule has 2 aromatic heterocycles. The molecule has 0 bridgehead atoms. The Morgan fingerprint density at radius 1 is 0.425 bits per heavy atom. The minimum absolute atomic E-state index is 0.939. The van der Waals surface area contributed by atoms with Crippen molar-refractivity contribution >= 4 is 32.8 Å². The van der Waals surface area contributed by atoms with Crippen LogP contribution in [0.2, 0.25) is 0 Å². The summed E-state index contributed by atoms with van der Waals surface area (Å²) in [5.41, 5.74) is 10.2. The van der Waals surface area contributed by atoms with Crippen molar-refractivity contribution in [2.24, 2.45) is 0 Å². The van der Waals surface area contributed by atoms with Gasteiger partial charge in [0.2, 0.25) is 0 Å². The molecule has 0 saturated carbocycles. The van der Waals surface area contributed by atoms with Gasteiger partial charge >= 0.3 is 0 Å². The summed E-state index contributed by atoms with van der Waals surface area (Å²) in [6.45, 7) is 0. The summed E-state index contributed by atoms with van der Waals surface area (Å²) in [4.78, 5) is 5.05. The lowest BCUT2D eigenvalue weighted by atomic mass is 10.0. The van der Waals surface area contributed by atoms with Gasteiger partial charge in [0.15, 0.2) is 0 Å². The molecule has 2 heterocycles. The van der Waals surface area contributed by atoms with Gasteiger partial charge in [-0.25, -0.2) is 4.98 Å². The molecule has 0 fully saturated rings. The van der Waals surface area contributed by atoms with Crippen LogP contribution in [0.25, 0.3) is 66.7 Å². The van der Waals surface area contributed by atoms with Crippen LogP contribution in [0, 0.1) is 0 Å². The Bertz CT molecular complexity index is 2110. The molecule has 0 unspecified atom stereocenters. The Hall–Kier alpha value is -5.41. The lowest BCUT2D eigenvalue weighted by Gasteiger charge is -2.16. The predicted octanol–water partition coefficient (Wildman–Crippen LogP) is 9.46. The number of imidazole rings is 1. The lowest BCUT2D eigenvalue weighted by Crippen LogP contribution is -1.99. The van der Waals surface area contributed by atoms with Gasteiger partial charge in [-0.2, -0.15) is 0 Å². The summed E-state index contributed by atoms with van der Waals surface area (Å²) in [6, 6.07) is 53.6. The summed E-state index contributed by atoms with van der Waals surface area (Å²) >= 11 is 0. The number of fused-ring (bicyclic) bond motifs is 4. The second-order valence-corrected chi connectivity index (χ2v) is 10.1. The van der Waals surface area contributed by atoms with Crippen molar-refractivity contribution in [1.29, 1.82) is 0 Å². The highest BCUT2D eigenvalue weighted by Gasteiger charge is 2.17. The maximum atomic E-state index is 5.05. The number of benzene rings is 6. The van der Waals surface area contributed by atoms with Crippen LogP contribution in [-0.2, 0) is 0 Å². The molecule has 0 saturated heterocycles. The number of nitrogens with zero attached hydrogens (tertiary/aromatic N) is 3. The minimum atomic E-state index is 0.939. The SMILES string of the molecule is c1ccc(-c2nc3ccccc3n2-c2cccc(-c3ccccc3-n3c4ccccc4c4ccccc43)c2)cc1. The normalized spacial score (nSPS) is 11.5. The van der Waals surface area contributed by atoms with E-state index in [-0.39, 0.29) is 0 Å². The van der Waals surface area contributed by atoms with Gasteiger partial charge in [-0.15, -0.1) is 0 Å². The van der Waals surface area contributed by atoms with E-state index in [1.165, 1.54) is 27.4 Å². The quantitative estimate of drug-likeness (QED) is 0.231. The summed E-state index contributed by atoms with van der Waals surface area (Å²) in [5, 5.41) is 2.53. The average molecular weight is 512 g/mol. The van der Waals surface area contributed by atoms with E-state index in [4.69, 9.17) is 4.98 Å². The summed E-state index contributed by atoms with van der Waals surface area (Å²) < 4.78 is 4.67. The molecule has 8 aromatic rings. The van der Waals surface area contributed by atoms with Crippen LogP contribution in [0.15, 0.2) is 152 Å². The van der Waals surface area contributed by atoms with E-state index in [0.717, 1.165) is 39.4 Å². The zero-order valence-electron chi connectivity index (χ0n) is 21.8. The average Bonchev–Trinajstić information content (AvgIpc) is 3.58. The highest BCUT2D eigenvalue weighted by molar-refractivity contribution is 6.09. The first-order valence-corrected chi connectivity index (χ1v) is 13.6. The van der Waals surface area contributed by atoms with E-state index in [2.05, 4.69) is 149 Å². The van der Waals surface area contributed by atoms with Crippen LogP contribution in [-0.4, -0.2) is 14.1 Å². The van der Waals surface area contributed by atoms with Gasteiger partial charge in [-0.05, 0) is 48.0 Å². The molecule has 0 amide bonds. The van der Waals surface area contributed by atoms with Gasteiger partial charge in [-0.3, -0.25) is 4.57 Å². The highest BCUT2D eigenvalue weighted by Crippen LogP contribution is 2.37. The van der Waals surface area contributed by atoms with Crippen LogP contribution in [0.3, 0.4) is 0 Å². The molecule has 0 radical (unpaired) electrons. The standard InChI is InChI=1S/C37H25N3/c1-2-13-26(14-3-1)37-38-32-20-7-11-24-36(32)39(37)28-16-12-15-27(25-28)29-17-4-8-21-33(29)40-34-22-9-5-18-30(34)31-19-6-10-23-35(31)40/h1-25H. The van der Waals surface area contributed by atoms with Crippen molar-refractivity contribution in [3.63, 3.8) is 0 Å². The Morgan fingerprint density at radius 3 is 1.80 bits per heavy atom. The van der Waals surface area contributed by atoms with Crippen LogP contribution < -0.4 is 0 Å². The van der Waals surface area contributed by atoms with Crippen molar-refractivity contribution in [2.45, 2.75) is 0 Å². The first-order chi connectivity index (χ1) is 19.9. The number of rotatable bonds is 4. The molecule has 0 aliphatic heterocycles. The van der Waals surface area contributed by atoms with Gasteiger partial charge < -0.3 is 4.57 Å². The molecular weight excluding hydrogens is 486 g/mol. The zero-order valence-corrected chi connectivity index (χ0v) is 21.8. The van der Waals surface area contributed by atoms with Gasteiger partial charge in [-0.1, -0.05) is 109 Å². The summed E-state index contributed by atoms with van der Waals surface area (Å²) in [5.74, 6) is 0.939. The second-order valence-electron chi connectivity index (χ2n) is 10.1. The van der Waals surface area contributed by atoms with Gasteiger partial charge in [0, 0.05) is 27.6 Å². The van der Waals surface area contributed by atoms with Gasteiger partial charge in [0.1, 0.15) is 5.82 Å². The fourth-order valence-electron chi connectivity index (χ4n) is 5.98. The molecule has 0 N–H and O–H groups in total. The Balaban J connectivity index is 1.36. The zero-order chi connectivity index (χ0) is 26.5. The molecule has 0 aliphatic rings. The van der Waals surface area contributed by atoms with E-state index in [0.29, 0.717) is 0 Å². The molecule has 0 atom stereocenters. The van der Waals surface area contributed by atoms with Crippen molar-refractivity contribution in [3.05, 3.63) is 152 Å². The fourth-order valence-corrected chi connectivity index (χ4v) is 5.98. The van der Waals surface area contributed by atoms with Crippen LogP contribution in [0.1, 0.15) is 0 Å². The van der Waals surface area contributed by atoms with Gasteiger partial charge in [0.05, 0.1) is 27.8 Å². The Kier molecular flexibility index (Phi) is 5.14. The van der Waals surface area contributed by atoms with Crippen LogP contribution in [0.4, 0.5) is 0 Å². The molecular formula is C37H25N3. The first kappa shape index (κ1) is 22.6. The van der Waals surface area contributed by atoms with Crippen LogP contribution >= 0.6 is 0 Å². The van der Waals surface area contributed by atoms with Crippen molar-refractivity contribution in [2.75, 3.05) is 0 Å². The first-order valence-electron chi connectivity index (χ1n) is 13.6. The van der Waals surface area contributed by atoms with E-state index in [1.807, 2.05) is 12.1 Å². The van der Waals surface area contributed by atoms with E-state index in [9.17, 15) is 0 Å². The number of para-hydroxylation sites is 5. The van der Waals surface area contributed by atoms with E-state index in [1.54, 1.807) is 0 Å². The lowest BCUT2D eigenvalue weighted by molar-refractivity contribution is 1.10. The predicted molar refractivity (Wildman–Crippen MR) is 166 cm³/mol. The number of hydrogen-bond acceptors (Lipinski definition) is 1. The smallest absolute Gasteiger partial charge is 0.145 e. The molecule has 0 aliphatic carbocycles. The third kappa shape index (κ3) is 3.49. The fraction of sp³-hybridized carbons (Fsp3) is 0. The van der Waals surface area contributed by atoms with Crippen molar-refractivity contribution in [3.8, 4) is 33.9 Å². The molecule has 8 rings (SSSR count). The molecule has 188 valence electrons. The number of aromatic nitrogens is 3. The van der Waals surface area contributed by atoms with E-state index < -0.39 is 0 Å². The molecule has 3 heteroatoms. The molecule has 0 spiro atoms. The number of hydrogen-bond donors (Lipinski definition) is 0. The monoisotopic (exact) mass is 511 g/mol. The topological polar surface area (TPSA) is 22.8 Å². The van der Waals surface area contributed by atoms with Gasteiger partial charge in [0.25, 0.3) is 0 Å². The van der Waals surface area contributed by atoms with Crippen LogP contribution in [0.5, 0.6) is 0 Å². The third-order valence-corrected chi connectivity index (χ3v) is 7.73. The van der Waals surface area contributed by atoms with E-state index >= 15 is 0 Å². The molecule has 3 nitrogen and oxygen atoms in total. The molecule has 6 aromatic carbocycles. The third-order valence-electron chi connectivity index (χ3n) is 7.73. The van der Waals surface area contributed by atoms with Crippen molar-refractivity contribution in [1.82, 2.24) is 14.1 Å². The highest BCUT2D eigenvalue weighted by atomic mass is 15.1. The maximum Gasteiger partial charge on any atom is 0.145 e.